The van der Waals surface area contributed by atoms with Crippen molar-refractivity contribution in [1.29, 1.82) is 0 Å². The van der Waals surface area contributed by atoms with E-state index in [1.165, 1.54) is 25.6 Å². The van der Waals surface area contributed by atoms with Gasteiger partial charge in [0.15, 0.2) is 0 Å². The first-order valence-corrected chi connectivity index (χ1v) is 9.88. The zero-order valence-electron chi connectivity index (χ0n) is 14.5. The number of nitrogens with one attached hydrogen (secondary N) is 2. The van der Waals surface area contributed by atoms with Gasteiger partial charge in [-0.15, -0.1) is 0 Å². The Bertz CT molecular complexity index is 1010. The number of aromatic nitrogens is 3. The molecule has 0 saturated carbocycles. The molecule has 0 aliphatic carbocycles. The number of halogens is 1. The van der Waals surface area contributed by atoms with E-state index in [2.05, 4.69) is 20.0 Å². The molecule has 2 aromatic heterocycles. The standard InChI is InChI=1S/C17H18ClN5O3S/c1-26-14-5-4-13(18)10-15(14)27(24,25)22-7-6-19-16-11-17(21-12-20-16)23-8-2-3-9-23/h2-5,8-12,22H,6-7H2,1H3,(H,19,20,21). The van der Waals surface area contributed by atoms with Gasteiger partial charge in [0.1, 0.15) is 28.6 Å². The van der Waals surface area contributed by atoms with Gasteiger partial charge in [-0.1, -0.05) is 11.6 Å². The summed E-state index contributed by atoms with van der Waals surface area (Å²) in [5, 5.41) is 3.38. The highest BCUT2D eigenvalue weighted by Crippen LogP contribution is 2.26. The molecule has 0 atom stereocenters. The maximum atomic E-state index is 12.5. The number of hydrogen-bond donors (Lipinski definition) is 2. The van der Waals surface area contributed by atoms with Crippen LogP contribution in [0.15, 0.2) is 60.0 Å². The van der Waals surface area contributed by atoms with Gasteiger partial charge < -0.3 is 14.6 Å². The largest absolute Gasteiger partial charge is 0.495 e. The van der Waals surface area contributed by atoms with E-state index in [0.29, 0.717) is 23.2 Å². The molecule has 27 heavy (non-hydrogen) atoms. The summed E-state index contributed by atoms with van der Waals surface area (Å²) in [5.74, 6) is 1.53. The van der Waals surface area contributed by atoms with Gasteiger partial charge in [0.2, 0.25) is 10.0 Å². The lowest BCUT2D eigenvalue weighted by molar-refractivity contribution is 0.402. The first kappa shape index (κ1) is 19.2. The minimum Gasteiger partial charge on any atom is -0.495 e. The van der Waals surface area contributed by atoms with Crippen molar-refractivity contribution in [2.24, 2.45) is 0 Å². The van der Waals surface area contributed by atoms with Crippen molar-refractivity contribution in [3.63, 3.8) is 0 Å². The number of sulfonamides is 1. The van der Waals surface area contributed by atoms with E-state index < -0.39 is 10.0 Å². The molecule has 0 spiro atoms. The van der Waals surface area contributed by atoms with Crippen LogP contribution < -0.4 is 14.8 Å². The molecular weight excluding hydrogens is 390 g/mol. The van der Waals surface area contributed by atoms with Crippen LogP contribution in [0.25, 0.3) is 5.82 Å². The third-order valence-electron chi connectivity index (χ3n) is 3.66. The van der Waals surface area contributed by atoms with Crippen LogP contribution in [0, 0.1) is 0 Å². The summed E-state index contributed by atoms with van der Waals surface area (Å²) in [6, 6.07) is 10.00. The second-order valence-electron chi connectivity index (χ2n) is 5.47. The fourth-order valence-electron chi connectivity index (χ4n) is 2.39. The maximum absolute atomic E-state index is 12.5. The number of methoxy groups -OCH3 is 1. The van der Waals surface area contributed by atoms with Crippen molar-refractivity contribution in [3.05, 3.63) is 60.1 Å². The lowest BCUT2D eigenvalue weighted by Crippen LogP contribution is -2.29. The fraction of sp³-hybridized carbons (Fsp3) is 0.176. The molecule has 0 fully saturated rings. The molecule has 8 nitrogen and oxygen atoms in total. The maximum Gasteiger partial charge on any atom is 0.244 e. The predicted molar refractivity (Wildman–Crippen MR) is 103 cm³/mol. The predicted octanol–water partition coefficient (Wildman–Crippen LogP) is 2.32. The summed E-state index contributed by atoms with van der Waals surface area (Å²) in [5.41, 5.74) is 0. The molecule has 0 bridgehead atoms. The average molecular weight is 408 g/mol. The van der Waals surface area contributed by atoms with Crippen molar-refractivity contribution in [1.82, 2.24) is 19.3 Å². The van der Waals surface area contributed by atoms with Gasteiger partial charge in [0.05, 0.1) is 7.11 Å². The van der Waals surface area contributed by atoms with Crippen LogP contribution >= 0.6 is 11.6 Å². The highest BCUT2D eigenvalue weighted by molar-refractivity contribution is 7.89. The van der Waals surface area contributed by atoms with Crippen LogP contribution in [0.2, 0.25) is 5.02 Å². The zero-order chi connectivity index (χ0) is 19.3. The molecule has 1 aromatic carbocycles. The SMILES string of the molecule is COc1ccc(Cl)cc1S(=O)(=O)NCCNc1cc(-n2cccc2)ncn1. The molecule has 0 radical (unpaired) electrons. The average Bonchev–Trinajstić information content (AvgIpc) is 3.20. The van der Waals surface area contributed by atoms with Gasteiger partial charge >= 0.3 is 0 Å². The summed E-state index contributed by atoms with van der Waals surface area (Å²) in [6.45, 7) is 0.491. The first-order valence-electron chi connectivity index (χ1n) is 8.02. The van der Waals surface area contributed by atoms with Crippen LogP contribution in [0.1, 0.15) is 0 Å². The van der Waals surface area contributed by atoms with Crippen LogP contribution in [0.4, 0.5) is 5.82 Å². The number of ether oxygens (including phenoxy) is 1. The van der Waals surface area contributed by atoms with E-state index in [1.54, 1.807) is 12.1 Å². The van der Waals surface area contributed by atoms with E-state index >= 15 is 0 Å². The monoisotopic (exact) mass is 407 g/mol. The van der Waals surface area contributed by atoms with Gasteiger partial charge in [0.25, 0.3) is 0 Å². The Morgan fingerprint density at radius 1 is 1.15 bits per heavy atom. The van der Waals surface area contributed by atoms with Crippen molar-refractivity contribution in [3.8, 4) is 11.6 Å². The second kappa shape index (κ2) is 8.38. The van der Waals surface area contributed by atoms with E-state index in [9.17, 15) is 8.42 Å². The van der Waals surface area contributed by atoms with Crippen molar-refractivity contribution in [2.45, 2.75) is 4.90 Å². The Balaban J connectivity index is 1.60. The number of hydrogen-bond acceptors (Lipinski definition) is 6. The van der Waals surface area contributed by atoms with E-state index in [4.69, 9.17) is 16.3 Å². The topological polar surface area (TPSA) is 98.1 Å². The molecule has 0 saturated heterocycles. The minimum absolute atomic E-state index is 0.00516. The normalized spacial score (nSPS) is 11.3. The third kappa shape index (κ3) is 4.76. The molecule has 2 heterocycles. The van der Waals surface area contributed by atoms with Gasteiger partial charge in [-0.25, -0.2) is 23.1 Å². The Morgan fingerprint density at radius 3 is 2.67 bits per heavy atom. The molecule has 0 amide bonds. The quantitative estimate of drug-likeness (QED) is 0.556. The van der Waals surface area contributed by atoms with Gasteiger partial charge in [-0.2, -0.15) is 0 Å². The minimum atomic E-state index is -3.76. The molecule has 2 N–H and O–H groups in total. The van der Waals surface area contributed by atoms with E-state index in [-0.39, 0.29) is 17.2 Å². The molecular formula is C17H18ClN5O3S. The summed E-state index contributed by atoms with van der Waals surface area (Å²) in [4.78, 5) is 8.32. The van der Waals surface area contributed by atoms with Gasteiger partial charge in [-0.05, 0) is 30.3 Å². The Morgan fingerprint density at radius 2 is 1.93 bits per heavy atom. The summed E-state index contributed by atoms with van der Waals surface area (Å²) in [7, 11) is -2.36. The molecule has 0 aliphatic rings. The molecule has 3 rings (SSSR count). The van der Waals surface area contributed by atoms with Crippen molar-refractivity contribution in [2.75, 3.05) is 25.5 Å². The Kier molecular flexibility index (Phi) is 5.94. The smallest absolute Gasteiger partial charge is 0.244 e. The summed E-state index contributed by atoms with van der Waals surface area (Å²) >= 11 is 5.90. The number of nitrogens with zero attached hydrogens (tertiary/aromatic N) is 3. The lowest BCUT2D eigenvalue weighted by atomic mass is 10.3. The van der Waals surface area contributed by atoms with Crippen LogP contribution in [-0.2, 0) is 10.0 Å². The molecule has 0 aliphatic heterocycles. The third-order valence-corrected chi connectivity index (χ3v) is 5.38. The van der Waals surface area contributed by atoms with E-state index in [1.807, 2.05) is 29.1 Å². The summed E-state index contributed by atoms with van der Waals surface area (Å²) in [6.07, 6.45) is 5.19. The Hall–Kier alpha value is -2.62. The van der Waals surface area contributed by atoms with E-state index in [0.717, 1.165) is 0 Å². The van der Waals surface area contributed by atoms with Crippen LogP contribution in [0.3, 0.4) is 0 Å². The fourth-order valence-corrected chi connectivity index (χ4v) is 3.85. The number of anilines is 1. The highest BCUT2D eigenvalue weighted by atomic mass is 35.5. The second-order valence-corrected chi connectivity index (χ2v) is 7.64. The first-order chi connectivity index (χ1) is 13.0. The molecule has 10 heteroatoms. The lowest BCUT2D eigenvalue weighted by Gasteiger charge is -2.12. The molecule has 0 unspecified atom stereocenters. The highest BCUT2D eigenvalue weighted by Gasteiger charge is 2.19. The van der Waals surface area contributed by atoms with Crippen molar-refractivity contribution < 1.29 is 13.2 Å². The summed E-state index contributed by atoms with van der Waals surface area (Å²) < 4.78 is 34.4. The van der Waals surface area contributed by atoms with Crippen molar-refractivity contribution >= 4 is 27.4 Å². The Labute approximate surface area is 162 Å². The molecule has 3 aromatic rings. The van der Waals surface area contributed by atoms with Gasteiger partial charge in [0, 0.05) is 36.6 Å². The van der Waals surface area contributed by atoms with Gasteiger partial charge in [-0.3, -0.25) is 0 Å². The number of rotatable bonds is 8. The molecule has 142 valence electrons. The van der Waals surface area contributed by atoms with Crippen LogP contribution in [-0.4, -0.2) is 43.2 Å². The number of benzene rings is 1. The van der Waals surface area contributed by atoms with Crippen LogP contribution in [0.5, 0.6) is 5.75 Å². The zero-order valence-corrected chi connectivity index (χ0v) is 16.0.